The Hall–Kier alpha value is -1.82. The summed E-state index contributed by atoms with van der Waals surface area (Å²) in [5, 5.41) is 0. The molecule has 6 rings (SSSR count). The third-order valence-electron chi connectivity index (χ3n) is 8.25. The number of benzene rings is 2. The van der Waals surface area contributed by atoms with Crippen LogP contribution in [0.1, 0.15) is 50.6 Å². The molecule has 5 atom stereocenters. The maximum atomic E-state index is 6.77. The first-order chi connectivity index (χ1) is 14.9. The van der Waals surface area contributed by atoms with Gasteiger partial charge in [-0.3, -0.25) is 0 Å². The van der Waals surface area contributed by atoms with E-state index in [1.807, 2.05) is 30.3 Å². The number of ether oxygens (including phenoxy) is 2. The molecule has 3 aliphatic carbocycles. The van der Waals surface area contributed by atoms with Crippen LogP contribution in [-0.2, 0) is 20.7 Å². The van der Waals surface area contributed by atoms with Gasteiger partial charge in [-0.05, 0) is 60.3 Å². The van der Waals surface area contributed by atoms with E-state index in [-0.39, 0.29) is 24.6 Å². The summed E-state index contributed by atoms with van der Waals surface area (Å²) in [6.45, 7) is 8.19. The lowest BCUT2D eigenvalue weighted by molar-refractivity contribution is -0.199. The average molecular weight is 420 g/mol. The first kappa shape index (κ1) is 21.1. The molecule has 3 saturated carbocycles. The summed E-state index contributed by atoms with van der Waals surface area (Å²) in [7, 11) is 1.41. The molecule has 0 spiro atoms. The van der Waals surface area contributed by atoms with Gasteiger partial charge >= 0.3 is 7.12 Å². The van der Waals surface area contributed by atoms with Crippen molar-refractivity contribution in [3.63, 3.8) is 0 Å². The van der Waals surface area contributed by atoms with Crippen molar-refractivity contribution in [2.45, 2.75) is 57.7 Å². The standard InChI is InChI=1S/C26H33BO4/c1-25(2)20-14-23(25)26(3)24(15-20)30-27(31-26)22(19-8-6-5-7-9-19)17-29-16-18-10-12-21(28-4)13-11-18/h5-13,20,22-24H,14-17H2,1-4H3/t20-,22+,23-,24+,26-/m0/s1. The molecular weight excluding hydrogens is 387 g/mol. The predicted octanol–water partition coefficient (Wildman–Crippen LogP) is 5.26. The van der Waals surface area contributed by atoms with Crippen LogP contribution in [0.2, 0.25) is 0 Å². The summed E-state index contributed by atoms with van der Waals surface area (Å²) in [4.78, 5) is 0. The molecule has 0 unspecified atom stereocenters. The fraction of sp³-hybridized carbons (Fsp3) is 0.538. The van der Waals surface area contributed by atoms with Gasteiger partial charge in [-0.1, -0.05) is 56.3 Å². The van der Waals surface area contributed by atoms with Gasteiger partial charge in [-0.2, -0.15) is 0 Å². The van der Waals surface area contributed by atoms with Gasteiger partial charge in [0.15, 0.2) is 0 Å². The third-order valence-corrected chi connectivity index (χ3v) is 8.25. The van der Waals surface area contributed by atoms with Crippen molar-refractivity contribution in [2.24, 2.45) is 17.3 Å². The zero-order valence-corrected chi connectivity index (χ0v) is 19.0. The molecule has 31 heavy (non-hydrogen) atoms. The quantitative estimate of drug-likeness (QED) is 0.573. The Labute approximate surface area is 186 Å². The molecule has 2 aromatic rings. The van der Waals surface area contributed by atoms with Crippen molar-refractivity contribution in [2.75, 3.05) is 13.7 Å². The highest BCUT2D eigenvalue weighted by Gasteiger charge is 2.68. The van der Waals surface area contributed by atoms with E-state index in [0.717, 1.165) is 23.7 Å². The van der Waals surface area contributed by atoms with E-state index in [1.165, 1.54) is 12.0 Å². The van der Waals surface area contributed by atoms with Crippen molar-refractivity contribution in [1.29, 1.82) is 0 Å². The van der Waals surface area contributed by atoms with E-state index >= 15 is 0 Å². The highest BCUT2D eigenvalue weighted by molar-refractivity contribution is 6.47. The summed E-state index contributed by atoms with van der Waals surface area (Å²) in [5.41, 5.74) is 2.47. The Morgan fingerprint density at radius 3 is 2.45 bits per heavy atom. The maximum absolute atomic E-state index is 6.77. The normalized spacial score (nSPS) is 31.6. The van der Waals surface area contributed by atoms with Crippen molar-refractivity contribution >= 4 is 7.12 Å². The number of hydrogen-bond donors (Lipinski definition) is 0. The predicted molar refractivity (Wildman–Crippen MR) is 122 cm³/mol. The molecule has 1 heterocycles. The van der Waals surface area contributed by atoms with Gasteiger partial charge in [-0.25, -0.2) is 0 Å². The lowest BCUT2D eigenvalue weighted by atomic mass is 9.43. The zero-order valence-electron chi connectivity index (χ0n) is 19.0. The maximum Gasteiger partial charge on any atom is 0.468 e. The van der Waals surface area contributed by atoms with Crippen molar-refractivity contribution in [3.05, 3.63) is 65.7 Å². The monoisotopic (exact) mass is 420 g/mol. The lowest BCUT2D eigenvalue weighted by Crippen LogP contribution is -2.65. The van der Waals surface area contributed by atoms with Gasteiger partial charge < -0.3 is 18.8 Å². The van der Waals surface area contributed by atoms with Gasteiger partial charge in [0.25, 0.3) is 0 Å². The molecule has 164 valence electrons. The van der Waals surface area contributed by atoms with Crippen LogP contribution in [0, 0.1) is 17.3 Å². The van der Waals surface area contributed by atoms with Crippen molar-refractivity contribution in [3.8, 4) is 5.75 Å². The lowest BCUT2D eigenvalue weighted by Gasteiger charge is -2.64. The van der Waals surface area contributed by atoms with Crippen LogP contribution in [-0.4, -0.2) is 32.5 Å². The number of rotatable bonds is 7. The highest BCUT2D eigenvalue weighted by atomic mass is 16.7. The Morgan fingerprint density at radius 1 is 1.03 bits per heavy atom. The van der Waals surface area contributed by atoms with Crippen LogP contribution in [0.15, 0.2) is 54.6 Å². The molecule has 4 fully saturated rings. The number of hydrogen-bond acceptors (Lipinski definition) is 4. The molecule has 0 amide bonds. The summed E-state index contributed by atoms with van der Waals surface area (Å²) >= 11 is 0. The zero-order chi connectivity index (χ0) is 21.6. The summed E-state index contributed by atoms with van der Waals surface area (Å²) < 4.78 is 24.8. The minimum Gasteiger partial charge on any atom is -0.497 e. The summed E-state index contributed by atoms with van der Waals surface area (Å²) in [6, 6.07) is 18.5. The van der Waals surface area contributed by atoms with E-state index < -0.39 is 0 Å². The topological polar surface area (TPSA) is 36.9 Å². The van der Waals surface area contributed by atoms with Crippen LogP contribution < -0.4 is 4.74 Å². The van der Waals surface area contributed by atoms with Crippen molar-refractivity contribution in [1.82, 2.24) is 0 Å². The minimum atomic E-state index is -0.275. The Kier molecular flexibility index (Phi) is 5.40. The molecule has 4 nitrogen and oxygen atoms in total. The second-order valence-electron chi connectivity index (χ2n) is 10.2. The van der Waals surface area contributed by atoms with Gasteiger partial charge in [0.2, 0.25) is 0 Å². The second kappa shape index (κ2) is 7.95. The fourth-order valence-electron chi connectivity index (χ4n) is 6.13. The fourth-order valence-corrected chi connectivity index (χ4v) is 6.13. The molecule has 0 N–H and O–H groups in total. The number of methoxy groups -OCH3 is 1. The molecule has 0 radical (unpaired) electrons. The molecule has 2 bridgehead atoms. The van der Waals surface area contributed by atoms with E-state index in [1.54, 1.807) is 7.11 Å². The Bertz CT molecular complexity index is 899. The molecule has 5 heteroatoms. The largest absolute Gasteiger partial charge is 0.497 e. The first-order valence-corrected chi connectivity index (χ1v) is 11.5. The Morgan fingerprint density at radius 2 is 1.77 bits per heavy atom. The van der Waals surface area contributed by atoms with Crippen LogP contribution in [0.3, 0.4) is 0 Å². The van der Waals surface area contributed by atoms with Crippen LogP contribution in [0.5, 0.6) is 5.75 Å². The van der Waals surface area contributed by atoms with Crippen molar-refractivity contribution < 1.29 is 18.8 Å². The van der Waals surface area contributed by atoms with Crippen LogP contribution in [0.4, 0.5) is 0 Å². The average Bonchev–Trinajstić information content (AvgIpc) is 3.14. The van der Waals surface area contributed by atoms with Gasteiger partial charge in [0.05, 0.1) is 32.0 Å². The van der Waals surface area contributed by atoms with Crippen LogP contribution in [0.25, 0.3) is 0 Å². The van der Waals surface area contributed by atoms with Gasteiger partial charge in [0, 0.05) is 5.82 Å². The highest BCUT2D eigenvalue weighted by Crippen LogP contribution is 2.66. The third kappa shape index (κ3) is 3.61. The smallest absolute Gasteiger partial charge is 0.468 e. The van der Waals surface area contributed by atoms with E-state index in [9.17, 15) is 0 Å². The van der Waals surface area contributed by atoms with Gasteiger partial charge in [-0.15, -0.1) is 0 Å². The van der Waals surface area contributed by atoms with E-state index in [2.05, 4.69) is 45.0 Å². The summed E-state index contributed by atoms with van der Waals surface area (Å²) in [6.07, 6.45) is 2.55. The molecule has 4 aliphatic rings. The van der Waals surface area contributed by atoms with E-state index in [4.69, 9.17) is 18.8 Å². The van der Waals surface area contributed by atoms with Gasteiger partial charge in [0.1, 0.15) is 5.75 Å². The second-order valence-corrected chi connectivity index (χ2v) is 10.2. The molecule has 0 aromatic heterocycles. The summed E-state index contributed by atoms with van der Waals surface area (Å²) in [5.74, 6) is 2.21. The molecular formula is C26H33BO4. The SMILES string of the molecule is COc1ccc(COC[C@@H](B2O[C@@H]3C[C@@H]4C[C@@H](C4(C)C)[C@]3(C)O2)c2ccccc2)cc1. The first-order valence-electron chi connectivity index (χ1n) is 11.5. The Balaban J connectivity index is 1.30. The van der Waals surface area contributed by atoms with Crippen LogP contribution >= 0.6 is 0 Å². The molecule has 2 aromatic carbocycles. The molecule has 1 aliphatic heterocycles. The molecule has 1 saturated heterocycles. The van der Waals surface area contributed by atoms with E-state index in [0.29, 0.717) is 24.5 Å². The minimum absolute atomic E-state index is 0.0437.